The predicted molar refractivity (Wildman–Crippen MR) is 70.8 cm³/mol. The normalized spacial score (nSPS) is 24.1. The molecule has 0 spiro atoms. The third-order valence-electron chi connectivity index (χ3n) is 2.72. The number of hydrogen-bond donors (Lipinski definition) is 2. The number of nitrogens with one attached hydrogen (secondary N) is 1. The second kappa shape index (κ2) is 4.69. The SMILES string of the molecule is O=C(O)CCSC1=N[C@H]2c3nsnc3C=C[C@@H]2N1. The van der Waals surface area contributed by atoms with Crippen LogP contribution < -0.4 is 5.32 Å². The zero-order chi connectivity index (χ0) is 12.5. The van der Waals surface area contributed by atoms with E-state index >= 15 is 0 Å². The average Bonchev–Trinajstić information content (AvgIpc) is 2.92. The number of amidine groups is 1. The van der Waals surface area contributed by atoms with Gasteiger partial charge < -0.3 is 10.4 Å². The lowest BCUT2D eigenvalue weighted by Gasteiger charge is -2.16. The van der Waals surface area contributed by atoms with Crippen LogP contribution in [0.3, 0.4) is 0 Å². The Labute approximate surface area is 112 Å². The summed E-state index contributed by atoms with van der Waals surface area (Å²) in [6.07, 6.45) is 4.12. The minimum atomic E-state index is -0.788. The molecule has 0 radical (unpaired) electrons. The van der Waals surface area contributed by atoms with Crippen LogP contribution >= 0.6 is 23.5 Å². The van der Waals surface area contributed by atoms with E-state index in [0.29, 0.717) is 5.75 Å². The van der Waals surface area contributed by atoms with Gasteiger partial charge in [0, 0.05) is 5.75 Å². The average molecular weight is 282 g/mol. The third kappa shape index (κ3) is 2.13. The Bertz CT molecular complexity index is 540. The van der Waals surface area contributed by atoms with Gasteiger partial charge in [-0.3, -0.25) is 9.79 Å². The first-order valence-corrected chi connectivity index (χ1v) is 7.15. The van der Waals surface area contributed by atoms with E-state index in [1.165, 1.54) is 23.5 Å². The summed E-state index contributed by atoms with van der Waals surface area (Å²) >= 11 is 2.63. The first-order valence-electron chi connectivity index (χ1n) is 5.43. The summed E-state index contributed by atoms with van der Waals surface area (Å²) < 4.78 is 8.46. The van der Waals surface area contributed by atoms with Gasteiger partial charge in [-0.25, -0.2) is 0 Å². The van der Waals surface area contributed by atoms with Crippen molar-refractivity contribution >= 4 is 40.7 Å². The lowest BCUT2D eigenvalue weighted by molar-refractivity contribution is -0.136. The summed E-state index contributed by atoms with van der Waals surface area (Å²) in [6, 6.07) is 0.102. The summed E-state index contributed by atoms with van der Waals surface area (Å²) in [5, 5.41) is 12.7. The zero-order valence-corrected chi connectivity index (χ0v) is 10.9. The molecule has 1 aromatic rings. The van der Waals surface area contributed by atoms with Crippen molar-refractivity contribution in [2.24, 2.45) is 4.99 Å². The molecule has 0 saturated heterocycles. The highest BCUT2D eigenvalue weighted by Gasteiger charge is 2.34. The Morgan fingerprint density at radius 2 is 2.44 bits per heavy atom. The van der Waals surface area contributed by atoms with Gasteiger partial charge in [0.2, 0.25) is 0 Å². The highest BCUT2D eigenvalue weighted by atomic mass is 32.2. The van der Waals surface area contributed by atoms with Crippen molar-refractivity contribution in [2.45, 2.75) is 18.5 Å². The molecule has 0 unspecified atom stereocenters. The van der Waals surface area contributed by atoms with E-state index in [9.17, 15) is 4.79 Å². The lowest BCUT2D eigenvalue weighted by atomic mass is 9.99. The lowest BCUT2D eigenvalue weighted by Crippen LogP contribution is -2.30. The van der Waals surface area contributed by atoms with Crippen LogP contribution in [0.2, 0.25) is 0 Å². The first kappa shape index (κ1) is 11.7. The van der Waals surface area contributed by atoms with Crippen LogP contribution in [0.25, 0.3) is 6.08 Å². The maximum atomic E-state index is 10.5. The Kier molecular flexibility index (Phi) is 3.04. The number of carbonyl (C=O) groups is 1. The Hall–Kier alpha value is -1.41. The van der Waals surface area contributed by atoms with Crippen molar-refractivity contribution in [1.29, 1.82) is 0 Å². The van der Waals surface area contributed by atoms with Gasteiger partial charge in [-0.05, 0) is 6.08 Å². The van der Waals surface area contributed by atoms with Gasteiger partial charge in [-0.2, -0.15) is 8.75 Å². The zero-order valence-electron chi connectivity index (χ0n) is 9.24. The second-order valence-electron chi connectivity index (χ2n) is 3.94. The molecule has 2 aliphatic rings. The molecule has 0 fully saturated rings. The molecule has 6 nitrogen and oxygen atoms in total. The molecule has 1 aliphatic carbocycles. The van der Waals surface area contributed by atoms with E-state index < -0.39 is 5.97 Å². The monoisotopic (exact) mass is 282 g/mol. The minimum absolute atomic E-state index is 0.0175. The van der Waals surface area contributed by atoms with Gasteiger partial charge in [-0.1, -0.05) is 17.8 Å². The molecule has 8 heteroatoms. The van der Waals surface area contributed by atoms with E-state index in [1.807, 2.05) is 12.2 Å². The summed E-state index contributed by atoms with van der Waals surface area (Å²) in [5.74, 6) is -0.267. The number of carboxylic acids is 1. The Balaban J connectivity index is 1.70. The van der Waals surface area contributed by atoms with Gasteiger partial charge in [0.05, 0.1) is 24.2 Å². The van der Waals surface area contributed by atoms with E-state index in [4.69, 9.17) is 5.11 Å². The minimum Gasteiger partial charge on any atom is -0.481 e. The van der Waals surface area contributed by atoms with Crippen molar-refractivity contribution in [3.63, 3.8) is 0 Å². The number of thioether (sulfide) groups is 1. The van der Waals surface area contributed by atoms with Crippen LogP contribution in [-0.2, 0) is 4.79 Å². The van der Waals surface area contributed by atoms with Crippen LogP contribution in [0, 0.1) is 0 Å². The molecule has 18 heavy (non-hydrogen) atoms. The summed E-state index contributed by atoms with van der Waals surface area (Å²) in [4.78, 5) is 15.0. The van der Waals surface area contributed by atoms with Crippen molar-refractivity contribution in [3.8, 4) is 0 Å². The third-order valence-corrected chi connectivity index (χ3v) is 4.19. The topological polar surface area (TPSA) is 87.5 Å². The number of hydrogen-bond acceptors (Lipinski definition) is 7. The largest absolute Gasteiger partial charge is 0.481 e. The van der Waals surface area contributed by atoms with Crippen molar-refractivity contribution in [2.75, 3.05) is 5.75 Å². The molecule has 1 aliphatic heterocycles. The maximum absolute atomic E-state index is 10.5. The number of nitrogens with zero attached hydrogens (tertiary/aromatic N) is 3. The van der Waals surface area contributed by atoms with E-state index in [1.54, 1.807) is 0 Å². The molecule has 2 heterocycles. The predicted octanol–water partition coefficient (Wildman–Crippen LogP) is 1.14. The van der Waals surface area contributed by atoms with Crippen LogP contribution in [0.1, 0.15) is 23.9 Å². The number of rotatable bonds is 3. The highest BCUT2D eigenvalue weighted by molar-refractivity contribution is 8.13. The number of aliphatic carboxylic acids is 1. The molecular formula is C10H10N4O2S2. The van der Waals surface area contributed by atoms with E-state index in [-0.39, 0.29) is 18.5 Å². The Morgan fingerprint density at radius 1 is 1.56 bits per heavy atom. The number of fused-ring (bicyclic) bond motifs is 3. The Morgan fingerprint density at radius 3 is 3.28 bits per heavy atom. The second-order valence-corrected chi connectivity index (χ2v) is 5.55. The molecule has 0 aromatic carbocycles. The van der Waals surface area contributed by atoms with E-state index in [2.05, 4.69) is 19.1 Å². The molecule has 3 rings (SSSR count). The fraction of sp³-hybridized carbons (Fsp3) is 0.400. The molecular weight excluding hydrogens is 272 g/mol. The summed E-state index contributed by atoms with van der Waals surface area (Å²) in [6.45, 7) is 0. The smallest absolute Gasteiger partial charge is 0.304 e. The van der Waals surface area contributed by atoms with Gasteiger partial charge in [0.15, 0.2) is 5.17 Å². The molecule has 0 amide bonds. The van der Waals surface area contributed by atoms with Gasteiger partial charge in [-0.15, -0.1) is 0 Å². The van der Waals surface area contributed by atoms with Gasteiger partial charge in [0.1, 0.15) is 17.4 Å². The summed E-state index contributed by atoms with van der Waals surface area (Å²) in [7, 11) is 0. The maximum Gasteiger partial charge on any atom is 0.304 e. The molecule has 2 N–H and O–H groups in total. The van der Waals surface area contributed by atoms with Gasteiger partial charge in [0.25, 0.3) is 0 Å². The fourth-order valence-electron chi connectivity index (χ4n) is 1.88. The number of carboxylic acid groups (broad SMARTS) is 1. The van der Waals surface area contributed by atoms with Crippen LogP contribution in [0.15, 0.2) is 11.1 Å². The molecule has 0 bridgehead atoms. The van der Waals surface area contributed by atoms with Crippen LogP contribution in [0.4, 0.5) is 0 Å². The standard InChI is InChI=1S/C10H10N4O2S2/c15-7(16)3-4-17-10-11-5-1-2-6-9(8(5)12-10)14-18-13-6/h1-2,5,8H,3-4H2,(H,11,12)(H,15,16)/t5-,8+/m0/s1. The van der Waals surface area contributed by atoms with Crippen molar-refractivity contribution < 1.29 is 9.90 Å². The molecule has 94 valence electrons. The van der Waals surface area contributed by atoms with Crippen molar-refractivity contribution in [3.05, 3.63) is 17.5 Å². The van der Waals surface area contributed by atoms with E-state index in [0.717, 1.165) is 16.6 Å². The van der Waals surface area contributed by atoms with Crippen LogP contribution in [-0.4, -0.2) is 36.8 Å². The molecule has 2 atom stereocenters. The number of aliphatic imine (C=N–C) groups is 1. The number of aromatic nitrogens is 2. The highest BCUT2D eigenvalue weighted by Crippen LogP contribution is 2.34. The summed E-state index contributed by atoms with van der Waals surface area (Å²) in [5.41, 5.74) is 1.80. The fourth-order valence-corrected chi connectivity index (χ4v) is 3.33. The molecule has 0 saturated carbocycles. The van der Waals surface area contributed by atoms with Crippen LogP contribution in [0.5, 0.6) is 0 Å². The van der Waals surface area contributed by atoms with Gasteiger partial charge >= 0.3 is 5.97 Å². The first-order chi connectivity index (χ1) is 8.74. The molecule has 1 aromatic heterocycles. The quantitative estimate of drug-likeness (QED) is 0.864. The van der Waals surface area contributed by atoms with Crippen molar-refractivity contribution in [1.82, 2.24) is 14.1 Å².